The smallest absolute Gasteiger partial charge is 0.412 e. The lowest BCUT2D eigenvalue weighted by Crippen LogP contribution is -2.50. The molecule has 1 amide bonds. The number of benzene rings is 4. The number of hydrogen-bond donors (Lipinski definition) is 1. The maximum atomic E-state index is 13.9. The topological polar surface area (TPSA) is 86.7 Å². The van der Waals surface area contributed by atoms with Gasteiger partial charge in [0.2, 0.25) is 0 Å². The molecule has 0 radical (unpaired) electrons. The number of rotatable bonds is 9. The minimum Gasteiger partial charge on any atom is -0.496 e. The number of carbonyl (C=O) groups is 1. The van der Waals surface area contributed by atoms with Gasteiger partial charge in [-0.15, -0.1) is 0 Å². The first-order valence-corrected chi connectivity index (χ1v) is 15.1. The second-order valence-corrected chi connectivity index (χ2v) is 11.9. The number of ether oxygens (including phenoxy) is 5. The molecule has 1 saturated heterocycles. The van der Waals surface area contributed by atoms with Gasteiger partial charge >= 0.3 is 6.09 Å². The normalized spacial score (nSPS) is 17.4. The number of aliphatic hydroxyl groups is 1. The Bertz CT molecular complexity index is 1640. The molecule has 8 heteroatoms. The van der Waals surface area contributed by atoms with Crippen LogP contribution in [0.3, 0.4) is 0 Å². The van der Waals surface area contributed by atoms with Gasteiger partial charge in [-0.05, 0) is 54.7 Å². The number of hydrogen-bond acceptors (Lipinski definition) is 7. The molecule has 0 aromatic heterocycles. The highest BCUT2D eigenvalue weighted by Gasteiger charge is 2.49. The third kappa shape index (κ3) is 5.60. The van der Waals surface area contributed by atoms with Crippen LogP contribution in [0.15, 0.2) is 84.9 Å². The van der Waals surface area contributed by atoms with Crippen molar-refractivity contribution in [2.24, 2.45) is 0 Å². The largest absolute Gasteiger partial charge is 0.496 e. The van der Waals surface area contributed by atoms with E-state index in [9.17, 15) is 9.90 Å². The van der Waals surface area contributed by atoms with Crippen LogP contribution in [0, 0.1) is 6.92 Å². The van der Waals surface area contributed by atoms with Gasteiger partial charge in [0.15, 0.2) is 11.5 Å². The summed E-state index contributed by atoms with van der Waals surface area (Å²) in [6.07, 6.45) is -1.74. The SMILES string of the molecule is COc1c(OCc2ccccc2)cc([C@@H](O)[C@H]2COC(C)(C)N2C(=O)OCC2c3ccccc3-c3ccccc32)c(OC)c1C. The molecule has 6 rings (SSSR count). The van der Waals surface area contributed by atoms with Crippen LogP contribution in [0.25, 0.3) is 11.1 Å². The molecule has 45 heavy (non-hydrogen) atoms. The van der Waals surface area contributed by atoms with Crippen molar-refractivity contribution in [3.8, 4) is 28.4 Å². The molecular weight excluding hydrogens is 570 g/mol. The van der Waals surface area contributed by atoms with Gasteiger partial charge in [0, 0.05) is 17.0 Å². The molecule has 4 aromatic rings. The molecule has 1 heterocycles. The zero-order valence-electron chi connectivity index (χ0n) is 26.3. The summed E-state index contributed by atoms with van der Waals surface area (Å²) >= 11 is 0. The van der Waals surface area contributed by atoms with E-state index in [-0.39, 0.29) is 19.1 Å². The molecule has 0 saturated carbocycles. The van der Waals surface area contributed by atoms with E-state index >= 15 is 0 Å². The standard InChI is InChI=1S/C37H39NO7/c1-23-34(41-4)29(19-32(35(23)42-5)43-20-24-13-7-6-8-14-24)33(39)31-22-45-37(2,3)38(31)36(40)44-21-30-27-17-11-9-15-25(27)26-16-10-12-18-28(26)30/h6-19,30-31,33,39H,20-22H2,1-5H3/t31-,33-/m1/s1. The zero-order chi connectivity index (χ0) is 31.7. The molecular formula is C37H39NO7. The summed E-state index contributed by atoms with van der Waals surface area (Å²) < 4.78 is 29.7. The van der Waals surface area contributed by atoms with Gasteiger partial charge in [-0.25, -0.2) is 4.79 Å². The van der Waals surface area contributed by atoms with Crippen LogP contribution in [0.4, 0.5) is 4.79 Å². The molecule has 4 aromatic carbocycles. The van der Waals surface area contributed by atoms with Gasteiger partial charge < -0.3 is 28.8 Å². The quantitative estimate of drug-likeness (QED) is 0.218. The molecule has 1 fully saturated rings. The number of methoxy groups -OCH3 is 2. The van der Waals surface area contributed by atoms with E-state index in [2.05, 4.69) is 24.3 Å². The first-order valence-electron chi connectivity index (χ1n) is 15.1. The van der Waals surface area contributed by atoms with Gasteiger partial charge in [-0.1, -0.05) is 78.9 Å². The number of carbonyl (C=O) groups excluding carboxylic acids is 1. The molecule has 8 nitrogen and oxygen atoms in total. The predicted molar refractivity (Wildman–Crippen MR) is 171 cm³/mol. The maximum Gasteiger partial charge on any atom is 0.412 e. The summed E-state index contributed by atoms with van der Waals surface area (Å²) in [7, 11) is 3.11. The van der Waals surface area contributed by atoms with Crippen LogP contribution >= 0.6 is 0 Å². The van der Waals surface area contributed by atoms with Gasteiger partial charge in [0.1, 0.15) is 30.8 Å². The Morgan fingerprint density at radius 3 is 2.16 bits per heavy atom. The summed E-state index contributed by atoms with van der Waals surface area (Å²) in [5.41, 5.74) is 5.66. The average molecular weight is 610 g/mol. The monoisotopic (exact) mass is 609 g/mol. The highest BCUT2D eigenvalue weighted by molar-refractivity contribution is 5.79. The van der Waals surface area contributed by atoms with E-state index in [1.807, 2.05) is 61.5 Å². The van der Waals surface area contributed by atoms with Crippen molar-refractivity contribution in [2.75, 3.05) is 27.4 Å². The van der Waals surface area contributed by atoms with Crippen molar-refractivity contribution in [2.45, 2.75) is 51.2 Å². The molecule has 1 aliphatic carbocycles. The first kappa shape index (κ1) is 30.5. The predicted octanol–water partition coefficient (Wildman–Crippen LogP) is 7.01. The van der Waals surface area contributed by atoms with Crippen LogP contribution in [-0.4, -0.2) is 55.3 Å². The van der Waals surface area contributed by atoms with Crippen LogP contribution in [0.2, 0.25) is 0 Å². The molecule has 2 aliphatic rings. The Morgan fingerprint density at radius 1 is 0.933 bits per heavy atom. The third-order valence-electron chi connectivity index (χ3n) is 8.83. The Morgan fingerprint density at radius 2 is 1.53 bits per heavy atom. The van der Waals surface area contributed by atoms with Crippen LogP contribution in [0.1, 0.15) is 53.7 Å². The van der Waals surface area contributed by atoms with E-state index in [0.29, 0.717) is 35.0 Å². The maximum absolute atomic E-state index is 13.9. The molecule has 1 N–H and O–H groups in total. The minimum absolute atomic E-state index is 0.0926. The molecule has 0 unspecified atom stereocenters. The summed E-state index contributed by atoms with van der Waals surface area (Å²) in [5, 5.41) is 11.9. The minimum atomic E-state index is -1.18. The number of fused-ring (bicyclic) bond motifs is 3. The van der Waals surface area contributed by atoms with Crippen molar-refractivity contribution in [1.29, 1.82) is 0 Å². The van der Waals surface area contributed by atoms with E-state index in [0.717, 1.165) is 27.8 Å². The lowest BCUT2D eigenvalue weighted by Gasteiger charge is -2.35. The Hall–Kier alpha value is -4.53. The van der Waals surface area contributed by atoms with Crippen molar-refractivity contribution < 1.29 is 33.6 Å². The van der Waals surface area contributed by atoms with E-state index in [1.54, 1.807) is 34.1 Å². The summed E-state index contributed by atoms with van der Waals surface area (Å²) in [5.74, 6) is 1.32. The average Bonchev–Trinajstić information content (AvgIpc) is 3.55. The second-order valence-electron chi connectivity index (χ2n) is 11.9. The fourth-order valence-corrected chi connectivity index (χ4v) is 6.65. The lowest BCUT2D eigenvalue weighted by molar-refractivity contribution is -0.0535. The lowest BCUT2D eigenvalue weighted by atomic mass is 9.97. The second kappa shape index (κ2) is 12.5. The Balaban J connectivity index is 1.27. The van der Waals surface area contributed by atoms with Crippen LogP contribution in [0.5, 0.6) is 17.2 Å². The number of aliphatic hydroxyl groups excluding tert-OH is 1. The summed E-state index contributed by atoms with van der Waals surface area (Å²) in [6.45, 7) is 6.02. The van der Waals surface area contributed by atoms with Gasteiger partial charge in [0.25, 0.3) is 0 Å². The fraction of sp³-hybridized carbons (Fsp3) is 0.324. The van der Waals surface area contributed by atoms with Crippen LogP contribution in [-0.2, 0) is 16.1 Å². The molecule has 2 atom stereocenters. The van der Waals surface area contributed by atoms with E-state index < -0.39 is 24.0 Å². The van der Waals surface area contributed by atoms with Gasteiger partial charge in [-0.3, -0.25) is 4.90 Å². The van der Waals surface area contributed by atoms with E-state index in [4.69, 9.17) is 23.7 Å². The third-order valence-corrected chi connectivity index (χ3v) is 8.83. The van der Waals surface area contributed by atoms with Crippen molar-refractivity contribution in [3.63, 3.8) is 0 Å². The van der Waals surface area contributed by atoms with Gasteiger partial charge in [0.05, 0.1) is 26.9 Å². The highest BCUT2D eigenvalue weighted by Crippen LogP contribution is 2.47. The molecule has 234 valence electrons. The van der Waals surface area contributed by atoms with E-state index in [1.165, 1.54) is 4.90 Å². The highest BCUT2D eigenvalue weighted by atomic mass is 16.6. The molecule has 0 spiro atoms. The van der Waals surface area contributed by atoms with Crippen molar-refractivity contribution in [1.82, 2.24) is 4.90 Å². The van der Waals surface area contributed by atoms with Crippen molar-refractivity contribution in [3.05, 3.63) is 113 Å². The Kier molecular flexibility index (Phi) is 8.44. The van der Waals surface area contributed by atoms with Crippen LogP contribution < -0.4 is 14.2 Å². The summed E-state index contributed by atoms with van der Waals surface area (Å²) in [6, 6.07) is 27.2. The number of amides is 1. The zero-order valence-corrected chi connectivity index (χ0v) is 26.3. The molecule has 1 aliphatic heterocycles. The van der Waals surface area contributed by atoms with Gasteiger partial charge in [-0.2, -0.15) is 0 Å². The number of nitrogens with zero attached hydrogens (tertiary/aromatic N) is 1. The Labute approximate surface area is 264 Å². The van der Waals surface area contributed by atoms with Crippen molar-refractivity contribution >= 4 is 6.09 Å². The first-order chi connectivity index (χ1) is 21.7. The fourth-order valence-electron chi connectivity index (χ4n) is 6.65. The molecule has 0 bridgehead atoms. The summed E-state index contributed by atoms with van der Waals surface area (Å²) in [4.78, 5) is 15.4.